The number of nitrogens with two attached hydrogens (primary N) is 1. The fourth-order valence-electron chi connectivity index (χ4n) is 2.45. The van der Waals surface area contributed by atoms with Crippen molar-refractivity contribution in [3.05, 3.63) is 54.9 Å². The lowest BCUT2D eigenvalue weighted by Crippen LogP contribution is -2.13. The van der Waals surface area contributed by atoms with Gasteiger partial charge in [0.1, 0.15) is 0 Å². The molecule has 3 aromatic rings. The van der Waals surface area contributed by atoms with E-state index in [1.165, 1.54) is 10.9 Å². The van der Waals surface area contributed by atoms with Crippen molar-refractivity contribution >= 4 is 16.7 Å². The first kappa shape index (κ1) is 12.4. The van der Waals surface area contributed by atoms with Crippen LogP contribution in [0.1, 0.15) is 6.42 Å². The number of benzene rings is 1. The summed E-state index contributed by atoms with van der Waals surface area (Å²) < 4.78 is 2.21. The zero-order valence-electron chi connectivity index (χ0n) is 11.1. The van der Waals surface area contributed by atoms with E-state index >= 15 is 0 Å². The van der Waals surface area contributed by atoms with Crippen molar-refractivity contribution in [1.82, 2.24) is 9.55 Å². The molecule has 0 saturated heterocycles. The van der Waals surface area contributed by atoms with Gasteiger partial charge < -0.3 is 10.3 Å². The van der Waals surface area contributed by atoms with E-state index in [2.05, 4.69) is 27.8 Å². The number of pyridine rings is 1. The second kappa shape index (κ2) is 5.17. The maximum Gasteiger partial charge on any atom is 0.0923 e. The molecule has 0 unspecified atom stereocenters. The molecule has 0 aliphatic rings. The molecule has 0 radical (unpaired) electrons. The lowest BCUT2D eigenvalue weighted by molar-refractivity contribution is 0.757. The summed E-state index contributed by atoms with van der Waals surface area (Å²) >= 11 is 0. The number of nitrogens with one attached hydrogen (secondary N) is 1. The first-order valence-electron chi connectivity index (χ1n) is 6.57. The summed E-state index contributed by atoms with van der Waals surface area (Å²) in [5, 5.41) is 8.63. The van der Waals surface area contributed by atoms with Gasteiger partial charge in [-0.3, -0.25) is 10.4 Å². The van der Waals surface area contributed by atoms with E-state index in [0.717, 1.165) is 11.3 Å². The first-order chi connectivity index (χ1) is 9.75. The molecule has 20 heavy (non-hydrogen) atoms. The summed E-state index contributed by atoms with van der Waals surface area (Å²) in [6.07, 6.45) is 4.14. The van der Waals surface area contributed by atoms with E-state index in [4.69, 9.17) is 11.1 Å². The number of hydrogen-bond donors (Lipinski definition) is 2. The van der Waals surface area contributed by atoms with Gasteiger partial charge in [-0.15, -0.1) is 0 Å². The molecule has 0 fully saturated rings. The highest BCUT2D eigenvalue weighted by molar-refractivity contribution is 5.87. The number of nitrogens with zero attached hydrogens (tertiary/aromatic N) is 2. The third-order valence-corrected chi connectivity index (χ3v) is 3.39. The van der Waals surface area contributed by atoms with Crippen LogP contribution >= 0.6 is 0 Å². The minimum Gasteiger partial charge on any atom is -0.388 e. The van der Waals surface area contributed by atoms with Crippen LogP contribution in [0, 0.1) is 5.41 Å². The molecule has 0 atom stereocenters. The average molecular weight is 264 g/mol. The van der Waals surface area contributed by atoms with Crippen molar-refractivity contribution < 1.29 is 0 Å². The number of hydrogen-bond acceptors (Lipinski definition) is 2. The van der Waals surface area contributed by atoms with Gasteiger partial charge in [0.15, 0.2) is 0 Å². The van der Waals surface area contributed by atoms with E-state index in [1.807, 2.05) is 24.3 Å². The van der Waals surface area contributed by atoms with Crippen LogP contribution in [0.15, 0.2) is 54.9 Å². The second-order valence-electron chi connectivity index (χ2n) is 4.75. The normalized spacial score (nSPS) is 10.8. The van der Waals surface area contributed by atoms with Crippen LogP contribution in [-0.2, 0) is 6.54 Å². The molecule has 3 N–H and O–H groups in total. The van der Waals surface area contributed by atoms with Gasteiger partial charge in [-0.2, -0.15) is 0 Å². The fourth-order valence-corrected chi connectivity index (χ4v) is 2.45. The smallest absolute Gasteiger partial charge is 0.0923 e. The molecule has 3 rings (SSSR count). The summed E-state index contributed by atoms with van der Waals surface area (Å²) in [7, 11) is 0. The Morgan fingerprint density at radius 3 is 2.65 bits per heavy atom. The van der Waals surface area contributed by atoms with Crippen LogP contribution in [0.5, 0.6) is 0 Å². The van der Waals surface area contributed by atoms with Gasteiger partial charge in [-0.1, -0.05) is 18.2 Å². The molecule has 0 amide bonds. The van der Waals surface area contributed by atoms with E-state index in [9.17, 15) is 0 Å². The van der Waals surface area contributed by atoms with Crippen molar-refractivity contribution in [1.29, 1.82) is 5.41 Å². The quantitative estimate of drug-likeness (QED) is 0.562. The Morgan fingerprint density at radius 2 is 1.90 bits per heavy atom. The van der Waals surface area contributed by atoms with E-state index in [1.54, 1.807) is 12.4 Å². The topological polar surface area (TPSA) is 67.7 Å². The van der Waals surface area contributed by atoms with E-state index in [0.29, 0.717) is 13.0 Å². The van der Waals surface area contributed by atoms with Crippen LogP contribution in [-0.4, -0.2) is 15.4 Å². The van der Waals surface area contributed by atoms with Crippen molar-refractivity contribution in [3.63, 3.8) is 0 Å². The van der Waals surface area contributed by atoms with Crippen LogP contribution in [0.25, 0.3) is 22.2 Å². The molecular formula is C16H16N4. The SMILES string of the molecule is N=C(N)CCn1c(-c2ccncc2)cc2ccccc21. The van der Waals surface area contributed by atoms with Crippen LogP contribution in [0.2, 0.25) is 0 Å². The van der Waals surface area contributed by atoms with Gasteiger partial charge in [0.05, 0.1) is 5.84 Å². The number of aryl methyl sites for hydroxylation is 1. The van der Waals surface area contributed by atoms with Gasteiger partial charge in [0.25, 0.3) is 0 Å². The number of amidine groups is 1. The minimum absolute atomic E-state index is 0.212. The molecule has 0 bridgehead atoms. The maximum absolute atomic E-state index is 7.43. The van der Waals surface area contributed by atoms with Crippen LogP contribution < -0.4 is 5.73 Å². The van der Waals surface area contributed by atoms with Crippen molar-refractivity contribution in [2.45, 2.75) is 13.0 Å². The third-order valence-electron chi connectivity index (χ3n) is 3.39. The van der Waals surface area contributed by atoms with E-state index in [-0.39, 0.29) is 5.84 Å². The Hall–Kier alpha value is -2.62. The summed E-state index contributed by atoms with van der Waals surface area (Å²) in [4.78, 5) is 4.07. The Kier molecular flexibility index (Phi) is 3.21. The van der Waals surface area contributed by atoms with Crippen LogP contribution in [0.3, 0.4) is 0 Å². The molecule has 4 heteroatoms. The van der Waals surface area contributed by atoms with Gasteiger partial charge in [0.2, 0.25) is 0 Å². The van der Waals surface area contributed by atoms with Crippen molar-refractivity contribution in [3.8, 4) is 11.3 Å². The molecule has 0 spiro atoms. The molecule has 2 heterocycles. The molecular weight excluding hydrogens is 248 g/mol. The lowest BCUT2D eigenvalue weighted by Gasteiger charge is -2.10. The highest BCUT2D eigenvalue weighted by Crippen LogP contribution is 2.28. The summed E-state index contributed by atoms with van der Waals surface area (Å²) in [6.45, 7) is 0.709. The average Bonchev–Trinajstić information content (AvgIpc) is 2.84. The van der Waals surface area contributed by atoms with Crippen molar-refractivity contribution in [2.24, 2.45) is 5.73 Å². The molecule has 1 aromatic carbocycles. The van der Waals surface area contributed by atoms with E-state index < -0.39 is 0 Å². The number of para-hydroxylation sites is 1. The van der Waals surface area contributed by atoms with Gasteiger partial charge in [0, 0.05) is 47.5 Å². The summed E-state index contributed by atoms with van der Waals surface area (Å²) in [5.74, 6) is 0.212. The molecule has 4 nitrogen and oxygen atoms in total. The Labute approximate surface area is 117 Å². The fraction of sp³-hybridized carbons (Fsp3) is 0.125. The molecule has 0 aliphatic heterocycles. The number of rotatable bonds is 4. The Morgan fingerprint density at radius 1 is 1.15 bits per heavy atom. The summed E-state index contributed by atoms with van der Waals surface area (Å²) in [6, 6.07) is 14.4. The Bertz CT molecular complexity index is 744. The van der Waals surface area contributed by atoms with Gasteiger partial charge >= 0.3 is 0 Å². The standard InChI is InChI=1S/C16H16N4/c17-16(18)7-10-20-14-4-2-1-3-13(14)11-15(20)12-5-8-19-9-6-12/h1-6,8-9,11H,7,10H2,(H3,17,18). The first-order valence-corrected chi connectivity index (χ1v) is 6.57. The second-order valence-corrected chi connectivity index (χ2v) is 4.75. The predicted octanol–water partition coefficient (Wildman–Crippen LogP) is 3.03. The van der Waals surface area contributed by atoms with Crippen molar-refractivity contribution in [2.75, 3.05) is 0 Å². The van der Waals surface area contributed by atoms with Crippen LogP contribution in [0.4, 0.5) is 0 Å². The van der Waals surface area contributed by atoms with Gasteiger partial charge in [-0.05, 0) is 24.3 Å². The maximum atomic E-state index is 7.43. The largest absolute Gasteiger partial charge is 0.388 e. The molecule has 0 saturated carbocycles. The zero-order chi connectivity index (χ0) is 13.9. The van der Waals surface area contributed by atoms with Gasteiger partial charge in [-0.25, -0.2) is 0 Å². The molecule has 2 aromatic heterocycles. The highest BCUT2D eigenvalue weighted by atomic mass is 15.0. The summed E-state index contributed by atoms with van der Waals surface area (Å²) in [5.41, 5.74) is 8.93. The Balaban J connectivity index is 2.15. The lowest BCUT2D eigenvalue weighted by atomic mass is 10.2. The predicted molar refractivity (Wildman–Crippen MR) is 81.7 cm³/mol. The zero-order valence-corrected chi connectivity index (χ0v) is 11.1. The molecule has 100 valence electrons. The number of fused-ring (bicyclic) bond motifs is 1. The third kappa shape index (κ3) is 2.28. The highest BCUT2D eigenvalue weighted by Gasteiger charge is 2.10. The monoisotopic (exact) mass is 264 g/mol. The number of aromatic nitrogens is 2. The molecule has 0 aliphatic carbocycles. The minimum atomic E-state index is 0.212.